The molecular formula is C14H18N2O5S. The lowest BCUT2D eigenvalue weighted by Gasteiger charge is -2.12. The Morgan fingerprint density at radius 2 is 1.82 bits per heavy atom. The van der Waals surface area contributed by atoms with Gasteiger partial charge >= 0.3 is 5.97 Å². The van der Waals surface area contributed by atoms with Gasteiger partial charge in [0.15, 0.2) is 0 Å². The molecule has 0 unspecified atom stereocenters. The first-order chi connectivity index (χ1) is 10.3. The minimum atomic E-state index is -3.53. The van der Waals surface area contributed by atoms with Gasteiger partial charge in [-0.05, 0) is 50.6 Å². The first-order valence-electron chi connectivity index (χ1n) is 6.91. The van der Waals surface area contributed by atoms with Crippen LogP contribution in [0.1, 0.15) is 29.6 Å². The molecule has 1 amide bonds. The number of carbonyl (C=O) groups excluding carboxylic acids is 1. The zero-order valence-electron chi connectivity index (χ0n) is 12.1. The van der Waals surface area contributed by atoms with Crippen molar-refractivity contribution in [2.45, 2.75) is 30.2 Å². The van der Waals surface area contributed by atoms with Crippen molar-refractivity contribution in [2.75, 3.05) is 7.05 Å². The van der Waals surface area contributed by atoms with E-state index in [4.69, 9.17) is 5.11 Å². The maximum Gasteiger partial charge on any atom is 0.306 e. The summed E-state index contributed by atoms with van der Waals surface area (Å²) in [5.41, 5.74) is 0.342. The number of rotatable bonds is 5. The van der Waals surface area contributed by atoms with Gasteiger partial charge in [-0.25, -0.2) is 13.1 Å². The van der Waals surface area contributed by atoms with E-state index < -0.39 is 21.9 Å². The summed E-state index contributed by atoms with van der Waals surface area (Å²) in [6, 6.07) is 5.42. The predicted molar refractivity (Wildman–Crippen MR) is 78.9 cm³/mol. The third kappa shape index (κ3) is 3.63. The maximum absolute atomic E-state index is 12.1. The van der Waals surface area contributed by atoms with Crippen molar-refractivity contribution >= 4 is 21.9 Å². The number of sulfonamides is 1. The van der Waals surface area contributed by atoms with E-state index in [1.807, 2.05) is 0 Å². The number of carbonyl (C=O) groups is 2. The van der Waals surface area contributed by atoms with E-state index in [9.17, 15) is 18.0 Å². The normalized spacial score (nSPS) is 21.5. The van der Waals surface area contributed by atoms with E-state index in [2.05, 4.69) is 10.0 Å². The number of hydrogen-bond acceptors (Lipinski definition) is 4. The van der Waals surface area contributed by atoms with Gasteiger partial charge in [0.2, 0.25) is 10.0 Å². The summed E-state index contributed by atoms with van der Waals surface area (Å²) < 4.78 is 25.4. The number of aliphatic carboxylic acids is 1. The van der Waals surface area contributed by atoms with Crippen LogP contribution in [0, 0.1) is 5.92 Å². The molecule has 3 N–H and O–H groups in total. The first-order valence-corrected chi connectivity index (χ1v) is 8.39. The minimum absolute atomic E-state index is 0.0818. The van der Waals surface area contributed by atoms with Crippen LogP contribution in [-0.4, -0.2) is 38.5 Å². The van der Waals surface area contributed by atoms with Crippen LogP contribution in [-0.2, 0) is 14.8 Å². The van der Waals surface area contributed by atoms with Crippen LogP contribution in [0.5, 0.6) is 0 Å². The molecule has 0 aliphatic heterocycles. The zero-order valence-corrected chi connectivity index (χ0v) is 12.9. The fraction of sp³-hybridized carbons (Fsp3) is 0.429. The van der Waals surface area contributed by atoms with Crippen molar-refractivity contribution in [1.82, 2.24) is 10.0 Å². The third-order valence-corrected chi connectivity index (χ3v) is 5.24. The highest BCUT2D eigenvalue weighted by atomic mass is 32.2. The molecule has 8 heteroatoms. The lowest BCUT2D eigenvalue weighted by atomic mass is 10.1. The van der Waals surface area contributed by atoms with E-state index >= 15 is 0 Å². The predicted octanol–water partition coefficient (Wildman–Crippen LogP) is 0.578. The Kier molecular flexibility index (Phi) is 4.82. The average molecular weight is 326 g/mol. The molecule has 1 aliphatic carbocycles. The van der Waals surface area contributed by atoms with Gasteiger partial charge in [-0.15, -0.1) is 0 Å². The van der Waals surface area contributed by atoms with Crippen LogP contribution in [0.3, 0.4) is 0 Å². The lowest BCUT2D eigenvalue weighted by Crippen LogP contribution is -2.33. The second-order valence-electron chi connectivity index (χ2n) is 5.25. The highest BCUT2D eigenvalue weighted by molar-refractivity contribution is 7.89. The monoisotopic (exact) mass is 326 g/mol. The Balaban J connectivity index is 2.01. The zero-order chi connectivity index (χ0) is 16.3. The summed E-state index contributed by atoms with van der Waals surface area (Å²) >= 11 is 0. The Bertz CT molecular complexity index is 669. The number of carboxylic acid groups (broad SMARTS) is 1. The quantitative estimate of drug-likeness (QED) is 0.732. The summed E-state index contributed by atoms with van der Waals surface area (Å²) in [6.45, 7) is 0. The van der Waals surface area contributed by atoms with Crippen molar-refractivity contribution in [2.24, 2.45) is 5.92 Å². The minimum Gasteiger partial charge on any atom is -0.481 e. The summed E-state index contributed by atoms with van der Waals surface area (Å²) in [6.07, 6.45) is 1.61. The molecule has 1 saturated carbocycles. The van der Waals surface area contributed by atoms with Crippen LogP contribution < -0.4 is 10.0 Å². The average Bonchev–Trinajstić information content (AvgIpc) is 2.96. The molecule has 1 aromatic carbocycles. The lowest BCUT2D eigenvalue weighted by molar-refractivity contribution is -0.141. The Morgan fingerprint density at radius 1 is 1.18 bits per heavy atom. The number of hydrogen-bond donors (Lipinski definition) is 3. The molecule has 0 aromatic heterocycles. The Labute approximate surface area is 128 Å². The van der Waals surface area contributed by atoms with Gasteiger partial charge < -0.3 is 10.4 Å². The molecule has 1 aliphatic rings. The molecular weight excluding hydrogens is 308 g/mol. The molecule has 7 nitrogen and oxygen atoms in total. The molecule has 1 aromatic rings. The van der Waals surface area contributed by atoms with E-state index in [-0.39, 0.29) is 16.8 Å². The Morgan fingerprint density at radius 3 is 2.32 bits per heavy atom. The number of amides is 1. The van der Waals surface area contributed by atoms with Gasteiger partial charge in [-0.1, -0.05) is 0 Å². The van der Waals surface area contributed by atoms with Crippen LogP contribution >= 0.6 is 0 Å². The SMILES string of the molecule is CNS(=O)(=O)c1ccc(C(=O)N[C@@H]2CC[C@H](C(=O)O)C2)cc1. The maximum atomic E-state index is 12.1. The van der Waals surface area contributed by atoms with Gasteiger partial charge in [0.05, 0.1) is 10.8 Å². The molecule has 0 saturated heterocycles. The van der Waals surface area contributed by atoms with Crippen molar-refractivity contribution in [3.63, 3.8) is 0 Å². The van der Waals surface area contributed by atoms with Crippen LogP contribution in [0.15, 0.2) is 29.2 Å². The highest BCUT2D eigenvalue weighted by Crippen LogP contribution is 2.25. The molecule has 1 fully saturated rings. The molecule has 0 heterocycles. The topological polar surface area (TPSA) is 113 Å². The van der Waals surface area contributed by atoms with Crippen LogP contribution in [0.2, 0.25) is 0 Å². The van der Waals surface area contributed by atoms with E-state index in [0.29, 0.717) is 24.8 Å². The fourth-order valence-electron chi connectivity index (χ4n) is 2.51. The molecule has 2 rings (SSSR count). The number of nitrogens with one attached hydrogen (secondary N) is 2. The third-order valence-electron chi connectivity index (χ3n) is 3.81. The summed E-state index contributed by atoms with van der Waals surface area (Å²) in [7, 11) is -2.21. The van der Waals surface area contributed by atoms with Gasteiger partial charge in [-0.3, -0.25) is 9.59 Å². The molecule has 0 bridgehead atoms. The van der Waals surface area contributed by atoms with Gasteiger partial charge in [-0.2, -0.15) is 0 Å². The summed E-state index contributed by atoms with van der Waals surface area (Å²) in [5, 5.41) is 11.7. The van der Waals surface area contributed by atoms with Crippen molar-refractivity contribution in [1.29, 1.82) is 0 Å². The standard InChI is InChI=1S/C14H18N2O5S/c1-15-22(20,21)12-6-3-9(4-7-12)13(17)16-11-5-2-10(8-11)14(18)19/h3-4,6-7,10-11,15H,2,5,8H2,1H3,(H,16,17)(H,18,19)/t10-,11+/m0/s1. The van der Waals surface area contributed by atoms with Crippen LogP contribution in [0.25, 0.3) is 0 Å². The first kappa shape index (κ1) is 16.4. The van der Waals surface area contributed by atoms with Gasteiger partial charge in [0.1, 0.15) is 0 Å². The fourth-order valence-corrected chi connectivity index (χ4v) is 3.24. The molecule has 120 valence electrons. The second-order valence-corrected chi connectivity index (χ2v) is 7.14. The number of benzene rings is 1. The molecule has 22 heavy (non-hydrogen) atoms. The van der Waals surface area contributed by atoms with Crippen molar-refractivity contribution in [3.8, 4) is 0 Å². The van der Waals surface area contributed by atoms with E-state index in [0.717, 1.165) is 0 Å². The summed E-state index contributed by atoms with van der Waals surface area (Å²) in [5.74, 6) is -1.57. The number of carboxylic acids is 1. The molecule has 0 radical (unpaired) electrons. The van der Waals surface area contributed by atoms with Crippen molar-refractivity contribution < 1.29 is 23.1 Å². The highest BCUT2D eigenvalue weighted by Gasteiger charge is 2.30. The van der Waals surface area contributed by atoms with Crippen molar-refractivity contribution in [3.05, 3.63) is 29.8 Å². The smallest absolute Gasteiger partial charge is 0.306 e. The second kappa shape index (κ2) is 6.45. The Hall–Kier alpha value is -1.93. The largest absolute Gasteiger partial charge is 0.481 e. The van der Waals surface area contributed by atoms with Gasteiger partial charge in [0, 0.05) is 11.6 Å². The van der Waals surface area contributed by atoms with E-state index in [1.165, 1.54) is 31.3 Å². The molecule has 2 atom stereocenters. The molecule has 0 spiro atoms. The van der Waals surface area contributed by atoms with Gasteiger partial charge in [0.25, 0.3) is 5.91 Å². The summed E-state index contributed by atoms with van der Waals surface area (Å²) in [4.78, 5) is 23.1. The van der Waals surface area contributed by atoms with E-state index in [1.54, 1.807) is 0 Å². The van der Waals surface area contributed by atoms with Crippen LogP contribution in [0.4, 0.5) is 0 Å².